The summed E-state index contributed by atoms with van der Waals surface area (Å²) in [5.41, 5.74) is 0.987. The van der Waals surface area contributed by atoms with E-state index in [1.54, 1.807) is 19.1 Å². The molecule has 0 aliphatic carbocycles. The molecule has 9 heteroatoms. The molecule has 7 nitrogen and oxygen atoms in total. The molecule has 0 saturated carbocycles. The fraction of sp³-hybridized carbons (Fsp3) is 0.188. The van der Waals surface area contributed by atoms with E-state index in [1.165, 1.54) is 32.4 Å². The standard InChI is InChI=1S/C16H17ClN2O5S/c1-9-4-5-11(8-14(9)25(18,21)22)19-16(20)10-6-12(17)15(24-3)13(7-10)23-2/h4-8H,1-3H3,(H,19,20)(H2,18,21,22). The molecule has 0 spiro atoms. The molecule has 0 aliphatic heterocycles. The third-order valence-corrected chi connectivity index (χ3v) is 4.78. The van der Waals surface area contributed by atoms with Gasteiger partial charge in [0, 0.05) is 11.3 Å². The predicted molar refractivity (Wildman–Crippen MR) is 95.1 cm³/mol. The number of methoxy groups -OCH3 is 2. The summed E-state index contributed by atoms with van der Waals surface area (Å²) in [5.74, 6) is 0.119. The van der Waals surface area contributed by atoms with Crippen molar-refractivity contribution >= 4 is 33.2 Å². The molecule has 0 unspecified atom stereocenters. The maximum absolute atomic E-state index is 12.4. The van der Waals surface area contributed by atoms with Gasteiger partial charge in [-0.15, -0.1) is 0 Å². The number of aryl methyl sites for hydroxylation is 1. The lowest BCUT2D eigenvalue weighted by Crippen LogP contribution is -2.16. The van der Waals surface area contributed by atoms with Crippen molar-refractivity contribution in [2.45, 2.75) is 11.8 Å². The van der Waals surface area contributed by atoms with Gasteiger partial charge in [0.1, 0.15) is 0 Å². The van der Waals surface area contributed by atoms with Crippen LogP contribution < -0.4 is 19.9 Å². The van der Waals surface area contributed by atoms with Crippen LogP contribution in [0.15, 0.2) is 35.2 Å². The number of sulfonamides is 1. The summed E-state index contributed by atoms with van der Waals surface area (Å²) in [6.45, 7) is 1.61. The van der Waals surface area contributed by atoms with Gasteiger partial charge in [0.05, 0.1) is 24.1 Å². The number of hydrogen-bond acceptors (Lipinski definition) is 5. The van der Waals surface area contributed by atoms with Crippen molar-refractivity contribution in [3.05, 3.63) is 46.5 Å². The zero-order chi connectivity index (χ0) is 18.8. The largest absolute Gasteiger partial charge is 0.493 e. The number of hydrogen-bond donors (Lipinski definition) is 2. The maximum atomic E-state index is 12.4. The first-order valence-electron chi connectivity index (χ1n) is 7.03. The van der Waals surface area contributed by atoms with Crippen LogP contribution >= 0.6 is 11.6 Å². The van der Waals surface area contributed by atoms with Crippen molar-refractivity contribution in [2.24, 2.45) is 5.14 Å². The molecule has 2 aromatic carbocycles. The smallest absolute Gasteiger partial charge is 0.255 e. The summed E-state index contributed by atoms with van der Waals surface area (Å²) in [6.07, 6.45) is 0. The number of benzene rings is 2. The number of ether oxygens (including phenoxy) is 2. The minimum absolute atomic E-state index is 0.0596. The molecule has 3 N–H and O–H groups in total. The SMILES string of the molecule is COc1cc(C(=O)Nc2ccc(C)c(S(N)(=O)=O)c2)cc(Cl)c1OC. The third-order valence-electron chi connectivity index (χ3n) is 3.45. The summed E-state index contributed by atoms with van der Waals surface area (Å²) in [4.78, 5) is 12.4. The number of anilines is 1. The molecule has 0 radical (unpaired) electrons. The summed E-state index contributed by atoms with van der Waals surface area (Å²) in [5, 5.41) is 7.98. The van der Waals surface area contributed by atoms with Crippen molar-refractivity contribution in [1.29, 1.82) is 0 Å². The molecular formula is C16H17ClN2O5S. The minimum Gasteiger partial charge on any atom is -0.493 e. The van der Waals surface area contributed by atoms with Crippen LogP contribution in [0.3, 0.4) is 0 Å². The molecule has 0 aliphatic rings. The highest BCUT2D eigenvalue weighted by Gasteiger charge is 2.17. The van der Waals surface area contributed by atoms with Crippen LogP contribution in [0.1, 0.15) is 15.9 Å². The van der Waals surface area contributed by atoms with E-state index >= 15 is 0 Å². The van der Waals surface area contributed by atoms with Crippen molar-refractivity contribution in [2.75, 3.05) is 19.5 Å². The van der Waals surface area contributed by atoms with E-state index in [9.17, 15) is 13.2 Å². The Labute approximate surface area is 150 Å². The van der Waals surface area contributed by atoms with E-state index < -0.39 is 15.9 Å². The van der Waals surface area contributed by atoms with E-state index in [-0.39, 0.29) is 21.2 Å². The third kappa shape index (κ3) is 4.22. The van der Waals surface area contributed by atoms with E-state index in [0.29, 0.717) is 17.1 Å². The second-order valence-electron chi connectivity index (χ2n) is 5.17. The van der Waals surface area contributed by atoms with Gasteiger partial charge in [0.2, 0.25) is 10.0 Å². The van der Waals surface area contributed by atoms with Gasteiger partial charge in [0.25, 0.3) is 5.91 Å². The molecule has 0 aromatic heterocycles. The van der Waals surface area contributed by atoms with E-state index in [0.717, 1.165) is 0 Å². The lowest BCUT2D eigenvalue weighted by atomic mass is 10.1. The van der Waals surface area contributed by atoms with E-state index in [2.05, 4.69) is 5.32 Å². The Kier molecular flexibility index (Phi) is 5.56. The fourth-order valence-corrected chi connectivity index (χ4v) is 3.33. The Balaban J connectivity index is 2.36. The molecule has 25 heavy (non-hydrogen) atoms. The minimum atomic E-state index is -3.89. The highest BCUT2D eigenvalue weighted by atomic mass is 35.5. The lowest BCUT2D eigenvalue weighted by molar-refractivity contribution is 0.102. The molecule has 2 aromatic rings. The number of rotatable bonds is 5. The Morgan fingerprint density at radius 3 is 2.40 bits per heavy atom. The van der Waals surface area contributed by atoms with Gasteiger partial charge in [-0.25, -0.2) is 13.6 Å². The van der Waals surface area contributed by atoms with Gasteiger partial charge in [-0.05, 0) is 36.8 Å². The topological polar surface area (TPSA) is 108 Å². The van der Waals surface area contributed by atoms with Gasteiger partial charge in [-0.2, -0.15) is 0 Å². The monoisotopic (exact) mass is 384 g/mol. The second kappa shape index (κ2) is 7.30. The van der Waals surface area contributed by atoms with Gasteiger partial charge >= 0.3 is 0 Å². The summed E-state index contributed by atoms with van der Waals surface area (Å²) < 4.78 is 33.4. The summed E-state index contributed by atoms with van der Waals surface area (Å²) in [6, 6.07) is 7.31. The normalized spacial score (nSPS) is 11.1. The van der Waals surface area contributed by atoms with Crippen molar-refractivity contribution < 1.29 is 22.7 Å². The molecular weight excluding hydrogens is 368 g/mol. The molecule has 2 rings (SSSR count). The zero-order valence-electron chi connectivity index (χ0n) is 13.8. The quantitative estimate of drug-likeness (QED) is 0.823. The van der Waals surface area contributed by atoms with Crippen LogP contribution in [0.25, 0.3) is 0 Å². The van der Waals surface area contributed by atoms with Crippen LogP contribution in [-0.2, 0) is 10.0 Å². The predicted octanol–water partition coefficient (Wildman–Crippen LogP) is 2.57. The second-order valence-corrected chi connectivity index (χ2v) is 7.11. The number of nitrogens with two attached hydrogens (primary N) is 1. The van der Waals surface area contributed by atoms with Crippen molar-refractivity contribution in [3.8, 4) is 11.5 Å². The Morgan fingerprint density at radius 2 is 1.84 bits per heavy atom. The van der Waals surface area contributed by atoms with Crippen LogP contribution in [-0.4, -0.2) is 28.5 Å². The number of primary sulfonamides is 1. The fourth-order valence-electron chi connectivity index (χ4n) is 2.24. The molecule has 0 atom stereocenters. The number of halogens is 1. The van der Waals surface area contributed by atoms with Gasteiger partial charge in [-0.1, -0.05) is 17.7 Å². The maximum Gasteiger partial charge on any atom is 0.255 e. The lowest BCUT2D eigenvalue weighted by Gasteiger charge is -2.12. The van der Waals surface area contributed by atoms with Crippen molar-refractivity contribution in [3.63, 3.8) is 0 Å². The molecule has 0 heterocycles. The summed E-state index contributed by atoms with van der Waals surface area (Å²) in [7, 11) is -1.03. The van der Waals surface area contributed by atoms with Crippen LogP contribution in [0.4, 0.5) is 5.69 Å². The zero-order valence-corrected chi connectivity index (χ0v) is 15.4. The van der Waals surface area contributed by atoms with Crippen LogP contribution in [0.5, 0.6) is 11.5 Å². The highest BCUT2D eigenvalue weighted by molar-refractivity contribution is 7.89. The van der Waals surface area contributed by atoms with Gasteiger partial charge in [0.15, 0.2) is 11.5 Å². The highest BCUT2D eigenvalue weighted by Crippen LogP contribution is 2.36. The number of carbonyl (C=O) groups excluding carboxylic acids is 1. The average molecular weight is 385 g/mol. The summed E-state index contributed by atoms with van der Waals surface area (Å²) >= 11 is 6.09. The number of nitrogens with one attached hydrogen (secondary N) is 1. The van der Waals surface area contributed by atoms with Gasteiger partial charge in [-0.3, -0.25) is 4.79 Å². The number of carbonyl (C=O) groups is 1. The molecule has 0 saturated heterocycles. The van der Waals surface area contributed by atoms with Crippen LogP contribution in [0, 0.1) is 6.92 Å². The van der Waals surface area contributed by atoms with E-state index in [1.807, 2.05) is 0 Å². The first kappa shape index (κ1) is 19.0. The average Bonchev–Trinajstić information content (AvgIpc) is 2.54. The molecule has 0 fully saturated rings. The van der Waals surface area contributed by atoms with Gasteiger partial charge < -0.3 is 14.8 Å². The first-order valence-corrected chi connectivity index (χ1v) is 8.96. The van der Waals surface area contributed by atoms with E-state index in [4.69, 9.17) is 26.2 Å². The number of amides is 1. The first-order chi connectivity index (χ1) is 11.7. The Morgan fingerprint density at radius 1 is 1.16 bits per heavy atom. The molecule has 134 valence electrons. The molecule has 0 bridgehead atoms. The molecule has 1 amide bonds. The van der Waals surface area contributed by atoms with Crippen LogP contribution in [0.2, 0.25) is 5.02 Å². The Bertz CT molecular complexity index is 928. The Hall–Kier alpha value is -2.29. The van der Waals surface area contributed by atoms with Crippen molar-refractivity contribution in [1.82, 2.24) is 0 Å².